The zero-order chi connectivity index (χ0) is 17.7. The minimum absolute atomic E-state index is 0.129. The van der Waals surface area contributed by atoms with E-state index in [1.165, 1.54) is 0 Å². The fraction of sp³-hybridized carbons (Fsp3) is 0.176. The lowest BCUT2D eigenvalue weighted by Crippen LogP contribution is -2.12. The highest BCUT2D eigenvalue weighted by atomic mass is 32.1. The number of fused-ring (bicyclic) bond motifs is 2. The number of halogens is 2. The third-order valence-electron chi connectivity index (χ3n) is 4.21. The molecular formula is C17H12F2N2O3S. The molecule has 0 atom stereocenters. The van der Waals surface area contributed by atoms with E-state index in [4.69, 9.17) is 9.47 Å². The van der Waals surface area contributed by atoms with Crippen molar-refractivity contribution in [2.75, 3.05) is 6.79 Å². The maximum absolute atomic E-state index is 14.6. The van der Waals surface area contributed by atoms with E-state index >= 15 is 0 Å². The monoisotopic (exact) mass is 362 g/mol. The first-order chi connectivity index (χ1) is 12.0. The number of nitrogens with one attached hydrogen (secondary N) is 1. The number of nitrogens with zero attached hydrogens (tertiary/aromatic N) is 1. The van der Waals surface area contributed by atoms with Crippen LogP contribution in [-0.4, -0.2) is 17.7 Å². The second-order valence-electron chi connectivity index (χ2n) is 5.63. The van der Waals surface area contributed by atoms with Crippen molar-refractivity contribution in [3.63, 3.8) is 0 Å². The number of aromatic nitrogens is 1. The first kappa shape index (κ1) is 15.8. The van der Waals surface area contributed by atoms with Crippen LogP contribution in [0.2, 0.25) is 0 Å². The van der Waals surface area contributed by atoms with Crippen molar-refractivity contribution in [3.8, 4) is 22.8 Å². The Kier molecular flexibility index (Phi) is 3.57. The SMILES string of the molecule is Cc1c(-c2ccc3c(c2)OCO3)nc(F)c2sc(C(=O)NF)c(C)c12. The summed E-state index contributed by atoms with van der Waals surface area (Å²) in [5.74, 6) is -0.392. The van der Waals surface area contributed by atoms with E-state index in [2.05, 4.69) is 4.98 Å². The van der Waals surface area contributed by atoms with Gasteiger partial charge < -0.3 is 9.47 Å². The quantitative estimate of drug-likeness (QED) is 0.552. The molecule has 0 bridgehead atoms. The maximum Gasteiger partial charge on any atom is 0.289 e. The van der Waals surface area contributed by atoms with Crippen molar-refractivity contribution in [3.05, 3.63) is 40.2 Å². The number of amides is 1. The second-order valence-corrected chi connectivity index (χ2v) is 6.65. The molecule has 2 aromatic heterocycles. The summed E-state index contributed by atoms with van der Waals surface area (Å²) in [6.07, 6.45) is 0. The molecule has 1 aliphatic heterocycles. The Bertz CT molecular complexity index is 1030. The molecule has 0 radical (unpaired) electrons. The van der Waals surface area contributed by atoms with Crippen LogP contribution in [0.5, 0.6) is 11.5 Å². The fourth-order valence-corrected chi connectivity index (χ4v) is 4.17. The summed E-state index contributed by atoms with van der Waals surface area (Å²) >= 11 is 0.887. The van der Waals surface area contributed by atoms with Crippen molar-refractivity contribution in [1.29, 1.82) is 0 Å². The van der Waals surface area contributed by atoms with Gasteiger partial charge in [-0.25, -0.2) is 4.98 Å². The predicted octanol–water partition coefficient (Wildman–Crippen LogP) is 4.06. The molecule has 4 rings (SSSR count). The van der Waals surface area contributed by atoms with Crippen LogP contribution in [-0.2, 0) is 0 Å². The Morgan fingerprint density at radius 3 is 2.76 bits per heavy atom. The summed E-state index contributed by atoms with van der Waals surface area (Å²) in [5.41, 5.74) is 3.44. The molecule has 1 amide bonds. The number of thiophene rings is 1. The maximum atomic E-state index is 14.6. The molecule has 0 saturated carbocycles. The summed E-state index contributed by atoms with van der Waals surface area (Å²) in [5, 5.41) is 0.573. The first-order valence-electron chi connectivity index (χ1n) is 7.41. The summed E-state index contributed by atoms with van der Waals surface area (Å²) in [4.78, 5) is 15.8. The van der Waals surface area contributed by atoms with E-state index in [-0.39, 0.29) is 16.4 Å². The van der Waals surface area contributed by atoms with Crippen LogP contribution in [0.4, 0.5) is 8.87 Å². The highest BCUT2D eigenvalue weighted by molar-refractivity contribution is 7.21. The summed E-state index contributed by atoms with van der Waals surface area (Å²) in [7, 11) is 0. The molecule has 1 N–H and O–H groups in total. The molecule has 25 heavy (non-hydrogen) atoms. The summed E-state index contributed by atoms with van der Waals surface area (Å²) in [6, 6.07) is 5.24. The van der Waals surface area contributed by atoms with E-state index in [0.29, 0.717) is 39.3 Å². The molecule has 1 aliphatic rings. The smallest absolute Gasteiger partial charge is 0.289 e. The Hall–Kier alpha value is -2.74. The van der Waals surface area contributed by atoms with Crippen molar-refractivity contribution in [2.45, 2.75) is 13.8 Å². The largest absolute Gasteiger partial charge is 0.454 e. The first-order valence-corrected chi connectivity index (χ1v) is 8.23. The number of hydrogen-bond donors (Lipinski definition) is 1. The number of hydrogen-bond acceptors (Lipinski definition) is 5. The van der Waals surface area contributed by atoms with Gasteiger partial charge in [0.2, 0.25) is 12.7 Å². The second kappa shape index (κ2) is 5.66. The minimum Gasteiger partial charge on any atom is -0.454 e. The summed E-state index contributed by atoms with van der Waals surface area (Å²) in [6.45, 7) is 3.61. The van der Waals surface area contributed by atoms with Crippen molar-refractivity contribution in [1.82, 2.24) is 10.5 Å². The van der Waals surface area contributed by atoms with Gasteiger partial charge in [0.05, 0.1) is 15.3 Å². The highest BCUT2D eigenvalue weighted by Crippen LogP contribution is 2.40. The number of pyridine rings is 1. The van der Waals surface area contributed by atoms with Gasteiger partial charge in [0.15, 0.2) is 11.5 Å². The van der Waals surface area contributed by atoms with E-state index in [9.17, 15) is 13.7 Å². The van der Waals surface area contributed by atoms with Gasteiger partial charge in [-0.3, -0.25) is 4.79 Å². The van der Waals surface area contributed by atoms with Gasteiger partial charge in [-0.1, -0.05) is 4.48 Å². The molecule has 0 unspecified atom stereocenters. The molecule has 0 fully saturated rings. The third-order valence-corrected chi connectivity index (χ3v) is 5.48. The standard InChI is InChI=1S/C17H12F2N2O3S/c1-7-12-8(2)14(17(22)21-19)25-15(12)16(18)20-13(7)9-3-4-10-11(5-9)24-6-23-10/h3-5H,6H2,1-2H3,(H,21,22). The number of carbonyl (C=O) groups excluding carboxylic acids is 1. The normalized spacial score (nSPS) is 12.6. The van der Waals surface area contributed by atoms with Crippen molar-refractivity contribution < 1.29 is 23.1 Å². The van der Waals surface area contributed by atoms with Crippen molar-refractivity contribution in [2.24, 2.45) is 0 Å². The molecule has 1 aromatic carbocycles. The van der Waals surface area contributed by atoms with Crippen LogP contribution in [0.25, 0.3) is 21.3 Å². The van der Waals surface area contributed by atoms with Crippen LogP contribution in [0.15, 0.2) is 18.2 Å². The van der Waals surface area contributed by atoms with Crippen LogP contribution < -0.4 is 15.0 Å². The van der Waals surface area contributed by atoms with Crippen LogP contribution >= 0.6 is 11.3 Å². The fourth-order valence-electron chi connectivity index (χ4n) is 3.05. The Balaban J connectivity index is 1.95. The Morgan fingerprint density at radius 2 is 2.00 bits per heavy atom. The lowest BCUT2D eigenvalue weighted by Gasteiger charge is -2.09. The van der Waals surface area contributed by atoms with E-state index in [1.807, 2.05) is 0 Å². The molecule has 128 valence electrons. The predicted molar refractivity (Wildman–Crippen MR) is 89.2 cm³/mol. The van der Waals surface area contributed by atoms with Gasteiger partial charge in [-0.05, 0) is 43.2 Å². The number of benzene rings is 1. The Morgan fingerprint density at radius 1 is 1.24 bits per heavy atom. The number of ether oxygens (including phenoxy) is 2. The van der Waals surface area contributed by atoms with E-state index in [1.54, 1.807) is 32.0 Å². The van der Waals surface area contributed by atoms with Gasteiger partial charge >= 0.3 is 0 Å². The van der Waals surface area contributed by atoms with Gasteiger partial charge in [0.25, 0.3) is 5.91 Å². The number of aryl methyl sites for hydroxylation is 2. The van der Waals surface area contributed by atoms with Crippen LogP contribution in [0, 0.1) is 19.8 Å². The molecule has 0 saturated heterocycles. The number of rotatable bonds is 2. The van der Waals surface area contributed by atoms with Crippen LogP contribution in [0.3, 0.4) is 0 Å². The van der Waals surface area contributed by atoms with Gasteiger partial charge in [-0.2, -0.15) is 9.93 Å². The number of carbonyl (C=O) groups is 1. The molecule has 0 spiro atoms. The third kappa shape index (κ3) is 2.32. The molecule has 5 nitrogen and oxygen atoms in total. The molecule has 3 aromatic rings. The zero-order valence-electron chi connectivity index (χ0n) is 13.3. The average Bonchev–Trinajstić information content (AvgIpc) is 3.21. The lowest BCUT2D eigenvalue weighted by atomic mass is 10.0. The van der Waals surface area contributed by atoms with Gasteiger partial charge in [0, 0.05) is 10.9 Å². The Labute approximate surface area is 145 Å². The van der Waals surface area contributed by atoms with E-state index in [0.717, 1.165) is 16.9 Å². The lowest BCUT2D eigenvalue weighted by molar-refractivity contribution is 0.0863. The highest BCUT2D eigenvalue weighted by Gasteiger charge is 2.23. The topological polar surface area (TPSA) is 60.5 Å². The molecular weight excluding hydrogens is 350 g/mol. The van der Waals surface area contributed by atoms with Crippen LogP contribution in [0.1, 0.15) is 20.8 Å². The molecule has 3 heterocycles. The summed E-state index contributed by atoms with van der Waals surface area (Å²) < 4.78 is 38.0. The molecule has 0 aliphatic carbocycles. The average molecular weight is 362 g/mol. The van der Waals surface area contributed by atoms with Gasteiger partial charge in [0.1, 0.15) is 0 Å². The minimum atomic E-state index is -0.887. The zero-order valence-corrected chi connectivity index (χ0v) is 14.1. The molecule has 8 heteroatoms. The van der Waals surface area contributed by atoms with Gasteiger partial charge in [-0.15, -0.1) is 11.3 Å². The van der Waals surface area contributed by atoms with Crippen molar-refractivity contribution >= 4 is 27.3 Å². The van der Waals surface area contributed by atoms with E-state index < -0.39 is 11.9 Å².